The highest BCUT2D eigenvalue weighted by atomic mass is 32.1. The van der Waals surface area contributed by atoms with Crippen molar-refractivity contribution in [2.75, 3.05) is 27.2 Å². The molecule has 0 aliphatic carbocycles. The predicted octanol–water partition coefficient (Wildman–Crippen LogP) is 2.21. The highest BCUT2D eigenvalue weighted by Crippen LogP contribution is 2.22. The lowest BCUT2D eigenvalue weighted by atomic mass is 10.2. The molecule has 2 rings (SSSR count). The molecule has 5 nitrogen and oxygen atoms in total. The van der Waals surface area contributed by atoms with E-state index in [1.165, 1.54) is 0 Å². The van der Waals surface area contributed by atoms with Gasteiger partial charge in [-0.15, -0.1) is 11.3 Å². The minimum atomic E-state index is 0.0384. The van der Waals surface area contributed by atoms with Gasteiger partial charge in [0.2, 0.25) is 5.91 Å². The van der Waals surface area contributed by atoms with Crippen molar-refractivity contribution in [3.8, 4) is 10.6 Å². The number of carbonyl (C=O) groups is 1. The first-order chi connectivity index (χ1) is 10.6. The van der Waals surface area contributed by atoms with Crippen molar-refractivity contribution in [3.05, 3.63) is 35.6 Å². The topological polar surface area (TPSA) is 58.1 Å². The SMILES string of the molecule is CN(C)CCCCNC(=O)Cc1csc(-c2ccncc2)n1. The molecule has 118 valence electrons. The van der Waals surface area contributed by atoms with Gasteiger partial charge in [-0.25, -0.2) is 4.98 Å². The predicted molar refractivity (Wildman–Crippen MR) is 89.8 cm³/mol. The lowest BCUT2D eigenvalue weighted by Crippen LogP contribution is -2.26. The Bertz CT molecular complexity index is 583. The third kappa shape index (κ3) is 5.54. The summed E-state index contributed by atoms with van der Waals surface area (Å²) in [5.74, 6) is 0.0384. The van der Waals surface area contributed by atoms with Crippen LogP contribution in [0.4, 0.5) is 0 Å². The van der Waals surface area contributed by atoms with Gasteiger partial charge in [0.05, 0.1) is 12.1 Å². The molecule has 0 fully saturated rings. The maximum atomic E-state index is 11.9. The van der Waals surface area contributed by atoms with E-state index >= 15 is 0 Å². The number of aromatic nitrogens is 2. The Morgan fingerprint density at radius 1 is 1.27 bits per heavy atom. The number of amides is 1. The summed E-state index contributed by atoms with van der Waals surface area (Å²) in [6.07, 6.45) is 5.93. The van der Waals surface area contributed by atoms with Crippen LogP contribution in [0.2, 0.25) is 0 Å². The second-order valence-electron chi connectivity index (χ2n) is 5.42. The molecule has 0 saturated heterocycles. The number of nitrogens with one attached hydrogen (secondary N) is 1. The summed E-state index contributed by atoms with van der Waals surface area (Å²) in [5, 5.41) is 5.82. The summed E-state index contributed by atoms with van der Waals surface area (Å²) in [6.45, 7) is 1.78. The van der Waals surface area contributed by atoms with Gasteiger partial charge in [-0.2, -0.15) is 0 Å². The average Bonchev–Trinajstić information content (AvgIpc) is 2.96. The van der Waals surface area contributed by atoms with Crippen LogP contribution in [0.25, 0.3) is 10.6 Å². The van der Waals surface area contributed by atoms with Gasteiger partial charge < -0.3 is 10.2 Å². The van der Waals surface area contributed by atoms with E-state index in [-0.39, 0.29) is 5.91 Å². The van der Waals surface area contributed by atoms with Crippen LogP contribution in [0.3, 0.4) is 0 Å². The molecule has 0 aromatic carbocycles. The molecule has 2 heterocycles. The third-order valence-corrected chi connectivity index (χ3v) is 4.12. The minimum Gasteiger partial charge on any atom is -0.356 e. The summed E-state index contributed by atoms with van der Waals surface area (Å²) in [5.41, 5.74) is 1.86. The Labute approximate surface area is 135 Å². The fourth-order valence-electron chi connectivity index (χ4n) is 2.02. The van der Waals surface area contributed by atoms with Crippen LogP contribution in [0, 0.1) is 0 Å². The van der Waals surface area contributed by atoms with Crippen molar-refractivity contribution < 1.29 is 4.79 Å². The summed E-state index contributed by atoms with van der Waals surface area (Å²) >= 11 is 1.56. The van der Waals surface area contributed by atoms with E-state index < -0.39 is 0 Å². The molecule has 0 spiro atoms. The molecule has 2 aromatic rings. The summed E-state index contributed by atoms with van der Waals surface area (Å²) < 4.78 is 0. The molecule has 2 aromatic heterocycles. The Kier molecular flexibility index (Phi) is 6.48. The number of carbonyl (C=O) groups excluding carboxylic acids is 1. The molecule has 0 unspecified atom stereocenters. The van der Waals surface area contributed by atoms with Gasteiger partial charge >= 0.3 is 0 Å². The van der Waals surface area contributed by atoms with Crippen LogP contribution in [0.5, 0.6) is 0 Å². The lowest BCUT2D eigenvalue weighted by molar-refractivity contribution is -0.120. The molecule has 22 heavy (non-hydrogen) atoms. The van der Waals surface area contributed by atoms with Gasteiger partial charge in [-0.1, -0.05) is 0 Å². The van der Waals surface area contributed by atoms with E-state index in [9.17, 15) is 4.79 Å². The smallest absolute Gasteiger partial charge is 0.226 e. The van der Waals surface area contributed by atoms with Crippen molar-refractivity contribution in [1.29, 1.82) is 0 Å². The molecular weight excluding hydrogens is 296 g/mol. The van der Waals surface area contributed by atoms with E-state index in [1.807, 2.05) is 17.5 Å². The van der Waals surface area contributed by atoms with Crippen LogP contribution in [0.15, 0.2) is 29.9 Å². The Hall–Kier alpha value is -1.79. The summed E-state index contributed by atoms with van der Waals surface area (Å²) in [4.78, 5) is 22.5. The summed E-state index contributed by atoms with van der Waals surface area (Å²) in [7, 11) is 4.11. The minimum absolute atomic E-state index is 0.0384. The van der Waals surface area contributed by atoms with E-state index in [2.05, 4.69) is 34.3 Å². The first-order valence-electron chi connectivity index (χ1n) is 7.41. The zero-order valence-electron chi connectivity index (χ0n) is 13.1. The van der Waals surface area contributed by atoms with Crippen LogP contribution in [0.1, 0.15) is 18.5 Å². The second-order valence-corrected chi connectivity index (χ2v) is 6.28. The molecule has 0 atom stereocenters. The van der Waals surface area contributed by atoms with Gasteiger partial charge in [0.1, 0.15) is 5.01 Å². The monoisotopic (exact) mass is 318 g/mol. The number of unbranched alkanes of at least 4 members (excludes halogenated alkanes) is 1. The molecule has 0 radical (unpaired) electrons. The fraction of sp³-hybridized carbons (Fsp3) is 0.438. The maximum absolute atomic E-state index is 11.9. The number of hydrogen-bond acceptors (Lipinski definition) is 5. The molecule has 6 heteroatoms. The van der Waals surface area contributed by atoms with E-state index in [1.54, 1.807) is 23.7 Å². The van der Waals surface area contributed by atoms with Crippen molar-refractivity contribution in [3.63, 3.8) is 0 Å². The molecular formula is C16H22N4OS. The number of thiazole rings is 1. The van der Waals surface area contributed by atoms with Gasteiger partial charge in [-0.3, -0.25) is 9.78 Å². The number of rotatable bonds is 8. The normalized spacial score (nSPS) is 10.9. The van der Waals surface area contributed by atoms with E-state index in [0.717, 1.165) is 42.2 Å². The standard InChI is InChI=1S/C16H22N4OS/c1-20(2)10-4-3-7-18-15(21)11-14-12-22-16(19-14)13-5-8-17-9-6-13/h5-6,8-9,12H,3-4,7,10-11H2,1-2H3,(H,18,21). The van der Waals surface area contributed by atoms with Crippen LogP contribution < -0.4 is 5.32 Å². The Balaban J connectivity index is 1.74. The van der Waals surface area contributed by atoms with Crippen LogP contribution in [-0.2, 0) is 11.2 Å². The molecule has 0 bridgehead atoms. The zero-order chi connectivity index (χ0) is 15.8. The Morgan fingerprint density at radius 3 is 2.77 bits per heavy atom. The zero-order valence-corrected chi connectivity index (χ0v) is 13.9. The van der Waals surface area contributed by atoms with Gasteiger partial charge in [0.25, 0.3) is 0 Å². The highest BCUT2D eigenvalue weighted by molar-refractivity contribution is 7.13. The second kappa shape index (κ2) is 8.60. The first-order valence-corrected chi connectivity index (χ1v) is 8.29. The van der Waals surface area contributed by atoms with Crippen LogP contribution >= 0.6 is 11.3 Å². The summed E-state index contributed by atoms with van der Waals surface area (Å²) in [6, 6.07) is 3.85. The maximum Gasteiger partial charge on any atom is 0.226 e. The largest absolute Gasteiger partial charge is 0.356 e. The number of hydrogen-bond donors (Lipinski definition) is 1. The third-order valence-electron chi connectivity index (χ3n) is 3.17. The average molecular weight is 318 g/mol. The van der Waals surface area contributed by atoms with Gasteiger partial charge in [-0.05, 0) is 45.6 Å². The van der Waals surface area contributed by atoms with Crippen molar-refractivity contribution in [2.45, 2.75) is 19.3 Å². The molecule has 1 amide bonds. The van der Waals surface area contributed by atoms with Crippen molar-refractivity contribution >= 4 is 17.2 Å². The number of nitrogens with zero attached hydrogens (tertiary/aromatic N) is 3. The molecule has 0 aliphatic heterocycles. The number of pyridine rings is 1. The van der Waals surface area contributed by atoms with Crippen LogP contribution in [-0.4, -0.2) is 48.0 Å². The molecule has 1 N–H and O–H groups in total. The fourth-order valence-corrected chi connectivity index (χ4v) is 2.85. The quantitative estimate of drug-likeness (QED) is 0.758. The van der Waals surface area contributed by atoms with Gasteiger partial charge in [0, 0.05) is 29.9 Å². The highest BCUT2D eigenvalue weighted by Gasteiger charge is 2.08. The Morgan fingerprint density at radius 2 is 2.05 bits per heavy atom. The lowest BCUT2D eigenvalue weighted by Gasteiger charge is -2.09. The van der Waals surface area contributed by atoms with E-state index in [0.29, 0.717) is 6.42 Å². The van der Waals surface area contributed by atoms with Crippen molar-refractivity contribution in [1.82, 2.24) is 20.2 Å². The molecule has 0 aliphatic rings. The first kappa shape index (κ1) is 16.6. The van der Waals surface area contributed by atoms with Crippen molar-refractivity contribution in [2.24, 2.45) is 0 Å². The van der Waals surface area contributed by atoms with E-state index in [4.69, 9.17) is 0 Å². The van der Waals surface area contributed by atoms with Gasteiger partial charge in [0.15, 0.2) is 0 Å². The molecule has 0 saturated carbocycles.